The number of hydrogen-bond donors (Lipinski definition) is 1. The van der Waals surface area contributed by atoms with E-state index >= 15 is 0 Å². The van der Waals surface area contributed by atoms with Crippen LogP contribution in [0.4, 0.5) is 10.1 Å². The van der Waals surface area contributed by atoms with Crippen LogP contribution in [0, 0.1) is 5.82 Å². The summed E-state index contributed by atoms with van der Waals surface area (Å²) < 4.78 is 13.5. The third-order valence-electron chi connectivity index (χ3n) is 3.07. The molecule has 0 spiro atoms. The van der Waals surface area contributed by atoms with Crippen molar-refractivity contribution in [1.82, 2.24) is 4.90 Å². The maximum absolute atomic E-state index is 13.5. The lowest BCUT2D eigenvalue weighted by Gasteiger charge is -2.26. The summed E-state index contributed by atoms with van der Waals surface area (Å²) in [7, 11) is 0. The van der Waals surface area contributed by atoms with Gasteiger partial charge in [0, 0.05) is 22.9 Å². The largest absolute Gasteiger partial charge is 0.399 e. The molecule has 1 heterocycles. The Kier molecular flexibility index (Phi) is 4.68. The number of halogens is 1. The summed E-state index contributed by atoms with van der Waals surface area (Å²) in [6.07, 6.45) is 3.97. The SMILES string of the molecule is Nc1ccc(SCCN2CCCCC2)c(F)c1. The average Bonchev–Trinajstić information content (AvgIpc) is 2.33. The van der Waals surface area contributed by atoms with Crippen LogP contribution in [0.15, 0.2) is 23.1 Å². The number of benzene rings is 1. The van der Waals surface area contributed by atoms with Crippen LogP contribution in [-0.2, 0) is 0 Å². The molecule has 94 valence electrons. The van der Waals surface area contributed by atoms with Gasteiger partial charge in [-0.25, -0.2) is 4.39 Å². The maximum Gasteiger partial charge on any atom is 0.138 e. The van der Waals surface area contributed by atoms with E-state index in [9.17, 15) is 4.39 Å². The molecule has 1 fully saturated rings. The first-order valence-electron chi connectivity index (χ1n) is 6.16. The molecule has 1 aromatic carbocycles. The van der Waals surface area contributed by atoms with Crippen molar-refractivity contribution in [2.24, 2.45) is 0 Å². The van der Waals surface area contributed by atoms with E-state index in [0.29, 0.717) is 10.6 Å². The van der Waals surface area contributed by atoms with Gasteiger partial charge in [-0.1, -0.05) is 6.42 Å². The minimum absolute atomic E-state index is 0.200. The number of nitrogens with zero attached hydrogens (tertiary/aromatic N) is 1. The van der Waals surface area contributed by atoms with E-state index in [0.717, 1.165) is 12.3 Å². The van der Waals surface area contributed by atoms with Gasteiger partial charge in [-0.3, -0.25) is 0 Å². The molecule has 0 saturated carbocycles. The molecule has 0 atom stereocenters. The smallest absolute Gasteiger partial charge is 0.138 e. The minimum Gasteiger partial charge on any atom is -0.399 e. The van der Waals surface area contributed by atoms with Crippen molar-refractivity contribution in [3.05, 3.63) is 24.0 Å². The van der Waals surface area contributed by atoms with Crippen molar-refractivity contribution in [1.29, 1.82) is 0 Å². The Bertz CT molecular complexity index is 364. The second kappa shape index (κ2) is 6.26. The van der Waals surface area contributed by atoms with Gasteiger partial charge in [-0.05, 0) is 44.1 Å². The van der Waals surface area contributed by atoms with Crippen LogP contribution >= 0.6 is 11.8 Å². The Morgan fingerprint density at radius 2 is 2.00 bits per heavy atom. The lowest BCUT2D eigenvalue weighted by atomic mass is 10.1. The molecular weight excluding hydrogens is 235 g/mol. The normalized spacial score (nSPS) is 17.2. The third kappa shape index (κ3) is 3.89. The van der Waals surface area contributed by atoms with Crippen molar-refractivity contribution in [2.45, 2.75) is 24.2 Å². The maximum atomic E-state index is 13.5. The van der Waals surface area contributed by atoms with Gasteiger partial charge < -0.3 is 10.6 Å². The molecule has 0 radical (unpaired) electrons. The van der Waals surface area contributed by atoms with E-state index in [4.69, 9.17) is 5.73 Å². The second-order valence-corrected chi connectivity index (χ2v) is 5.58. The third-order valence-corrected chi connectivity index (χ3v) is 4.10. The van der Waals surface area contributed by atoms with Crippen molar-refractivity contribution in [3.8, 4) is 0 Å². The molecule has 2 N–H and O–H groups in total. The fourth-order valence-corrected chi connectivity index (χ4v) is 3.03. The standard InChI is InChI=1S/C13H19FN2S/c14-12-10-11(15)4-5-13(12)17-9-8-16-6-2-1-3-7-16/h4-5,10H,1-3,6-9,15H2. The summed E-state index contributed by atoms with van der Waals surface area (Å²) in [5, 5.41) is 0. The van der Waals surface area contributed by atoms with Crippen LogP contribution in [0.5, 0.6) is 0 Å². The summed E-state index contributed by atoms with van der Waals surface area (Å²) in [4.78, 5) is 3.17. The Labute approximate surface area is 106 Å². The lowest BCUT2D eigenvalue weighted by Crippen LogP contribution is -2.31. The Balaban J connectivity index is 1.77. The zero-order valence-electron chi connectivity index (χ0n) is 9.99. The summed E-state index contributed by atoms with van der Waals surface area (Å²) in [5.74, 6) is 0.745. The van der Waals surface area contributed by atoms with Crippen molar-refractivity contribution < 1.29 is 4.39 Å². The predicted octanol–water partition coefficient (Wildman–Crippen LogP) is 2.99. The zero-order valence-corrected chi connectivity index (χ0v) is 10.8. The summed E-state index contributed by atoms with van der Waals surface area (Å²) in [6, 6.07) is 4.92. The zero-order chi connectivity index (χ0) is 12.1. The van der Waals surface area contributed by atoms with Gasteiger partial charge in [0.1, 0.15) is 5.82 Å². The first-order chi connectivity index (χ1) is 8.25. The summed E-state index contributed by atoms with van der Waals surface area (Å²) in [5.41, 5.74) is 6.00. The van der Waals surface area contributed by atoms with Crippen LogP contribution in [-0.4, -0.2) is 30.3 Å². The van der Waals surface area contributed by atoms with Gasteiger partial charge in [-0.2, -0.15) is 0 Å². The summed E-state index contributed by atoms with van der Waals surface area (Å²) in [6.45, 7) is 3.45. The van der Waals surface area contributed by atoms with Crippen molar-refractivity contribution >= 4 is 17.4 Å². The first-order valence-corrected chi connectivity index (χ1v) is 7.14. The van der Waals surface area contributed by atoms with Gasteiger partial charge in [0.2, 0.25) is 0 Å². The number of likely N-dealkylation sites (tertiary alicyclic amines) is 1. The molecule has 1 aromatic rings. The average molecular weight is 254 g/mol. The van der Waals surface area contributed by atoms with E-state index in [-0.39, 0.29) is 5.82 Å². The molecule has 1 aliphatic rings. The van der Waals surface area contributed by atoms with Crippen molar-refractivity contribution in [2.75, 3.05) is 31.1 Å². The van der Waals surface area contributed by atoms with Gasteiger partial charge in [-0.15, -0.1) is 11.8 Å². The molecule has 0 unspecified atom stereocenters. The number of nitrogen functional groups attached to an aromatic ring is 1. The minimum atomic E-state index is -0.200. The van der Waals surface area contributed by atoms with E-state index < -0.39 is 0 Å². The van der Waals surface area contributed by atoms with E-state index in [2.05, 4.69) is 4.90 Å². The van der Waals surface area contributed by atoms with Crippen LogP contribution in [0.1, 0.15) is 19.3 Å². The molecule has 2 nitrogen and oxygen atoms in total. The van der Waals surface area contributed by atoms with E-state index in [1.54, 1.807) is 23.9 Å². The number of nitrogens with two attached hydrogens (primary N) is 1. The highest BCUT2D eigenvalue weighted by atomic mass is 32.2. The van der Waals surface area contributed by atoms with Crippen LogP contribution < -0.4 is 5.73 Å². The number of hydrogen-bond acceptors (Lipinski definition) is 3. The monoisotopic (exact) mass is 254 g/mol. The fourth-order valence-electron chi connectivity index (χ4n) is 2.10. The van der Waals surface area contributed by atoms with E-state index in [1.165, 1.54) is 38.4 Å². The fraction of sp³-hybridized carbons (Fsp3) is 0.538. The van der Waals surface area contributed by atoms with E-state index in [1.807, 2.05) is 0 Å². The molecule has 0 bridgehead atoms. The molecule has 2 rings (SSSR count). The van der Waals surface area contributed by atoms with Gasteiger partial charge in [0.25, 0.3) is 0 Å². The van der Waals surface area contributed by atoms with Gasteiger partial charge in [0.05, 0.1) is 0 Å². The predicted molar refractivity (Wildman–Crippen MR) is 71.8 cm³/mol. The highest BCUT2D eigenvalue weighted by molar-refractivity contribution is 7.99. The molecule has 1 aliphatic heterocycles. The lowest BCUT2D eigenvalue weighted by molar-refractivity contribution is 0.242. The van der Waals surface area contributed by atoms with Crippen LogP contribution in [0.2, 0.25) is 0 Å². The number of rotatable bonds is 4. The molecule has 0 aliphatic carbocycles. The number of thioether (sulfide) groups is 1. The molecule has 0 amide bonds. The first kappa shape index (κ1) is 12.7. The second-order valence-electron chi connectivity index (χ2n) is 4.44. The highest BCUT2D eigenvalue weighted by Crippen LogP contribution is 2.23. The quantitative estimate of drug-likeness (QED) is 0.661. The van der Waals surface area contributed by atoms with Crippen LogP contribution in [0.25, 0.3) is 0 Å². The molecule has 4 heteroatoms. The van der Waals surface area contributed by atoms with Gasteiger partial charge in [0.15, 0.2) is 0 Å². The Hall–Kier alpha value is -0.740. The molecule has 1 saturated heterocycles. The van der Waals surface area contributed by atoms with Crippen LogP contribution in [0.3, 0.4) is 0 Å². The Morgan fingerprint density at radius 3 is 2.71 bits per heavy atom. The Morgan fingerprint density at radius 1 is 1.24 bits per heavy atom. The highest BCUT2D eigenvalue weighted by Gasteiger charge is 2.10. The molecular formula is C13H19FN2S. The summed E-state index contributed by atoms with van der Waals surface area (Å²) >= 11 is 1.58. The van der Waals surface area contributed by atoms with Gasteiger partial charge >= 0.3 is 0 Å². The topological polar surface area (TPSA) is 29.3 Å². The molecule has 17 heavy (non-hydrogen) atoms. The number of piperidine rings is 1. The number of anilines is 1. The molecule has 0 aromatic heterocycles. The van der Waals surface area contributed by atoms with Crippen molar-refractivity contribution in [3.63, 3.8) is 0 Å².